The standard InChI is InChI=1S/C12H16BrN5O/c1-12(5-19,7-3-4-7)16-10-8-9(13)17-18(2)11(8)15-6-14-10/h6-7,19H,3-5H2,1-2H3,(H,14,15,16). The van der Waals surface area contributed by atoms with Crippen LogP contribution < -0.4 is 5.32 Å². The first-order chi connectivity index (χ1) is 9.05. The van der Waals surface area contributed by atoms with Crippen molar-refractivity contribution in [3.05, 3.63) is 10.9 Å². The maximum absolute atomic E-state index is 9.67. The predicted molar refractivity (Wildman–Crippen MR) is 75.8 cm³/mol. The van der Waals surface area contributed by atoms with E-state index >= 15 is 0 Å². The van der Waals surface area contributed by atoms with Crippen molar-refractivity contribution in [3.63, 3.8) is 0 Å². The largest absolute Gasteiger partial charge is 0.394 e. The zero-order valence-electron chi connectivity index (χ0n) is 10.9. The zero-order chi connectivity index (χ0) is 13.6. The van der Waals surface area contributed by atoms with Gasteiger partial charge in [0, 0.05) is 7.05 Å². The van der Waals surface area contributed by atoms with Crippen molar-refractivity contribution in [2.24, 2.45) is 13.0 Å². The summed E-state index contributed by atoms with van der Waals surface area (Å²) >= 11 is 3.44. The highest BCUT2D eigenvalue weighted by Gasteiger charge is 2.41. The van der Waals surface area contributed by atoms with E-state index in [2.05, 4.69) is 36.3 Å². The highest BCUT2D eigenvalue weighted by Crippen LogP contribution is 2.42. The third-order valence-electron chi connectivity index (χ3n) is 3.79. The number of fused-ring (bicyclic) bond motifs is 1. The molecule has 2 N–H and O–H groups in total. The minimum Gasteiger partial charge on any atom is -0.394 e. The van der Waals surface area contributed by atoms with Crippen LogP contribution in [0.1, 0.15) is 19.8 Å². The van der Waals surface area contributed by atoms with Crippen LogP contribution in [0.4, 0.5) is 5.82 Å². The third kappa shape index (κ3) is 2.10. The molecule has 2 heterocycles. The van der Waals surface area contributed by atoms with E-state index in [4.69, 9.17) is 0 Å². The summed E-state index contributed by atoms with van der Waals surface area (Å²) in [6.45, 7) is 2.12. The molecule has 0 aliphatic heterocycles. The maximum Gasteiger partial charge on any atom is 0.164 e. The highest BCUT2D eigenvalue weighted by atomic mass is 79.9. The lowest BCUT2D eigenvalue weighted by Crippen LogP contribution is -2.41. The van der Waals surface area contributed by atoms with Crippen molar-refractivity contribution >= 4 is 32.8 Å². The Morgan fingerprint density at radius 1 is 1.53 bits per heavy atom. The van der Waals surface area contributed by atoms with E-state index in [9.17, 15) is 5.11 Å². The molecule has 1 aliphatic carbocycles. The molecular formula is C12H16BrN5O. The summed E-state index contributed by atoms with van der Waals surface area (Å²) in [5.41, 5.74) is 0.428. The molecule has 1 atom stereocenters. The Morgan fingerprint density at radius 3 is 2.89 bits per heavy atom. The van der Waals surface area contributed by atoms with Crippen molar-refractivity contribution in [2.75, 3.05) is 11.9 Å². The minimum atomic E-state index is -0.337. The Kier molecular flexibility index (Phi) is 2.98. The maximum atomic E-state index is 9.67. The number of aliphatic hydroxyl groups is 1. The number of aromatic nitrogens is 4. The Hall–Kier alpha value is -1.21. The topological polar surface area (TPSA) is 75.9 Å². The van der Waals surface area contributed by atoms with Gasteiger partial charge in [0.25, 0.3) is 0 Å². The number of halogens is 1. The number of nitrogens with zero attached hydrogens (tertiary/aromatic N) is 4. The fourth-order valence-electron chi connectivity index (χ4n) is 2.40. The number of nitrogens with one attached hydrogen (secondary N) is 1. The summed E-state index contributed by atoms with van der Waals surface area (Å²) in [6.07, 6.45) is 3.81. The molecule has 1 unspecified atom stereocenters. The summed E-state index contributed by atoms with van der Waals surface area (Å²) in [7, 11) is 1.84. The molecule has 1 aliphatic rings. The van der Waals surface area contributed by atoms with Crippen LogP contribution in [0, 0.1) is 5.92 Å². The van der Waals surface area contributed by atoms with Crippen LogP contribution in [0.25, 0.3) is 11.0 Å². The smallest absolute Gasteiger partial charge is 0.164 e. The van der Waals surface area contributed by atoms with Crippen LogP contribution in [0.15, 0.2) is 10.9 Å². The van der Waals surface area contributed by atoms with Gasteiger partial charge in [0.15, 0.2) is 5.65 Å². The Labute approximate surface area is 119 Å². The SMILES string of the molecule is Cn1nc(Br)c2c(NC(C)(CO)C3CC3)ncnc21. The van der Waals surface area contributed by atoms with Gasteiger partial charge in [-0.15, -0.1) is 0 Å². The van der Waals surface area contributed by atoms with Crippen molar-refractivity contribution in [1.29, 1.82) is 0 Å². The number of aryl methyl sites for hydroxylation is 1. The lowest BCUT2D eigenvalue weighted by atomic mass is 9.97. The van der Waals surface area contributed by atoms with Crippen molar-refractivity contribution in [1.82, 2.24) is 19.7 Å². The van der Waals surface area contributed by atoms with Crippen LogP contribution in [0.5, 0.6) is 0 Å². The van der Waals surface area contributed by atoms with Crippen molar-refractivity contribution in [2.45, 2.75) is 25.3 Å². The predicted octanol–water partition coefficient (Wildman–Crippen LogP) is 1.70. The fraction of sp³-hybridized carbons (Fsp3) is 0.583. The second-order valence-electron chi connectivity index (χ2n) is 5.31. The van der Waals surface area contributed by atoms with Gasteiger partial charge in [0.1, 0.15) is 16.7 Å². The number of anilines is 1. The molecule has 19 heavy (non-hydrogen) atoms. The molecule has 0 aromatic carbocycles. The Morgan fingerprint density at radius 2 is 2.26 bits per heavy atom. The highest BCUT2D eigenvalue weighted by molar-refractivity contribution is 9.10. The van der Waals surface area contributed by atoms with E-state index in [1.807, 2.05) is 14.0 Å². The Bertz CT molecular complexity index is 624. The molecule has 3 rings (SSSR count). The first kappa shape index (κ1) is 12.8. The van der Waals surface area contributed by atoms with Crippen LogP contribution in [-0.4, -0.2) is 37.0 Å². The second-order valence-corrected chi connectivity index (χ2v) is 6.06. The molecule has 102 valence electrons. The fourth-order valence-corrected chi connectivity index (χ4v) is 3.00. The van der Waals surface area contributed by atoms with Crippen LogP contribution in [0.3, 0.4) is 0 Å². The van der Waals surface area contributed by atoms with E-state index in [1.54, 1.807) is 4.68 Å². The molecule has 0 saturated heterocycles. The third-order valence-corrected chi connectivity index (χ3v) is 4.34. The monoisotopic (exact) mass is 325 g/mol. The minimum absolute atomic E-state index is 0.0844. The summed E-state index contributed by atoms with van der Waals surface area (Å²) < 4.78 is 2.42. The van der Waals surface area contributed by atoms with Gasteiger partial charge < -0.3 is 10.4 Å². The van der Waals surface area contributed by atoms with Gasteiger partial charge in [-0.1, -0.05) is 0 Å². The zero-order valence-corrected chi connectivity index (χ0v) is 12.5. The van der Waals surface area contributed by atoms with E-state index < -0.39 is 0 Å². The molecule has 1 saturated carbocycles. The number of rotatable bonds is 4. The molecule has 7 heteroatoms. The molecule has 2 aromatic rings. The number of hydrogen-bond donors (Lipinski definition) is 2. The summed E-state index contributed by atoms with van der Waals surface area (Å²) in [5, 5.41) is 18.2. The molecule has 1 fully saturated rings. The molecule has 0 spiro atoms. The van der Waals surface area contributed by atoms with Crippen molar-refractivity contribution < 1.29 is 5.11 Å². The van der Waals surface area contributed by atoms with Gasteiger partial charge in [-0.25, -0.2) is 14.6 Å². The lowest BCUT2D eigenvalue weighted by Gasteiger charge is -2.29. The Balaban J connectivity index is 2.05. The first-order valence-corrected chi connectivity index (χ1v) is 7.06. The van der Waals surface area contributed by atoms with Gasteiger partial charge in [-0.3, -0.25) is 0 Å². The molecule has 0 bridgehead atoms. The lowest BCUT2D eigenvalue weighted by molar-refractivity contribution is 0.206. The van der Waals surface area contributed by atoms with Crippen LogP contribution in [-0.2, 0) is 7.05 Å². The number of aliphatic hydroxyl groups excluding tert-OH is 1. The van der Waals surface area contributed by atoms with E-state index in [-0.39, 0.29) is 12.1 Å². The van der Waals surface area contributed by atoms with E-state index in [0.29, 0.717) is 16.3 Å². The number of hydrogen-bond acceptors (Lipinski definition) is 5. The van der Waals surface area contributed by atoms with Crippen LogP contribution >= 0.6 is 15.9 Å². The summed E-state index contributed by atoms with van der Waals surface area (Å²) in [5.74, 6) is 1.21. The first-order valence-electron chi connectivity index (χ1n) is 6.27. The summed E-state index contributed by atoms with van der Waals surface area (Å²) in [6, 6.07) is 0. The second kappa shape index (κ2) is 4.42. The van der Waals surface area contributed by atoms with Gasteiger partial charge in [-0.2, -0.15) is 5.10 Å². The van der Waals surface area contributed by atoms with Crippen LogP contribution in [0.2, 0.25) is 0 Å². The quantitative estimate of drug-likeness (QED) is 0.894. The van der Waals surface area contributed by atoms with Gasteiger partial charge in [-0.05, 0) is 41.6 Å². The van der Waals surface area contributed by atoms with Gasteiger partial charge in [0.05, 0.1) is 17.5 Å². The molecular weight excluding hydrogens is 310 g/mol. The molecule has 2 aromatic heterocycles. The van der Waals surface area contributed by atoms with Gasteiger partial charge in [0.2, 0.25) is 0 Å². The molecule has 6 nitrogen and oxygen atoms in total. The average Bonchev–Trinajstić information content (AvgIpc) is 3.19. The molecule has 0 radical (unpaired) electrons. The van der Waals surface area contributed by atoms with E-state index in [1.165, 1.54) is 6.33 Å². The summed E-state index contributed by atoms with van der Waals surface area (Å²) in [4.78, 5) is 8.54. The normalized spacial score (nSPS) is 18.5. The van der Waals surface area contributed by atoms with E-state index in [0.717, 1.165) is 23.9 Å². The van der Waals surface area contributed by atoms with Gasteiger partial charge >= 0.3 is 0 Å². The molecule has 0 amide bonds. The average molecular weight is 326 g/mol. The van der Waals surface area contributed by atoms with Crippen molar-refractivity contribution in [3.8, 4) is 0 Å².